The number of rotatable bonds is 34. The summed E-state index contributed by atoms with van der Waals surface area (Å²) < 4.78 is 7.91. The van der Waals surface area contributed by atoms with E-state index >= 15 is 0 Å². The predicted molar refractivity (Wildman–Crippen MR) is 292 cm³/mol. The van der Waals surface area contributed by atoms with Crippen LogP contribution < -0.4 is 9.64 Å². The van der Waals surface area contributed by atoms with Gasteiger partial charge in [-0.05, 0) is 73.6 Å². The minimum Gasteiger partial charge on any atom is -0.507 e. The first-order valence-corrected chi connectivity index (χ1v) is 27.6. The molecule has 8 heteroatoms. The van der Waals surface area contributed by atoms with E-state index in [2.05, 4.69) is 43.2 Å². The van der Waals surface area contributed by atoms with E-state index in [9.17, 15) is 25.2 Å². The molecule has 0 fully saturated rings. The van der Waals surface area contributed by atoms with Gasteiger partial charge in [0.2, 0.25) is 17.2 Å². The van der Waals surface area contributed by atoms with Crippen LogP contribution >= 0.6 is 0 Å². The molecule has 2 aliphatic rings. The van der Waals surface area contributed by atoms with Crippen molar-refractivity contribution in [1.82, 2.24) is 0 Å². The lowest BCUT2D eigenvalue weighted by Gasteiger charge is -2.31. The van der Waals surface area contributed by atoms with E-state index in [0.29, 0.717) is 11.8 Å². The Morgan fingerprint density at radius 1 is 0.600 bits per heavy atom. The number of phenolic OH excluding ortho intramolecular Hbond substituents is 1. The van der Waals surface area contributed by atoms with Crippen molar-refractivity contribution in [2.24, 2.45) is 11.8 Å². The molecule has 3 aromatic carbocycles. The van der Waals surface area contributed by atoms with E-state index in [-0.39, 0.29) is 46.2 Å². The number of aromatic hydroxyl groups is 1. The number of carbonyl (C=O) groups is 1. The van der Waals surface area contributed by atoms with Gasteiger partial charge in [0, 0.05) is 53.2 Å². The molecule has 0 amide bonds. The van der Waals surface area contributed by atoms with Crippen molar-refractivity contribution in [2.45, 2.75) is 188 Å². The summed E-state index contributed by atoms with van der Waals surface area (Å²) in [6, 6.07) is 21.3. The normalized spacial score (nSPS) is 16.3. The molecule has 2 atom stereocenters. The quantitative estimate of drug-likeness (QED) is 0.0268. The Kier molecular flexibility index (Phi) is 24.4. The average Bonchev–Trinajstić information content (AvgIpc) is 3.37. The summed E-state index contributed by atoms with van der Waals surface area (Å²) in [5.74, 6) is 0.755. The summed E-state index contributed by atoms with van der Waals surface area (Å²) in [6.07, 6.45) is 34.6. The molecule has 0 radical (unpaired) electrons. The van der Waals surface area contributed by atoms with Crippen LogP contribution in [-0.4, -0.2) is 56.7 Å². The molecule has 0 bridgehead atoms. The van der Waals surface area contributed by atoms with Crippen LogP contribution in [0.2, 0.25) is 0 Å². The summed E-state index contributed by atoms with van der Waals surface area (Å²) in [7, 11) is 1.67. The molecule has 0 spiro atoms. The standard InChI is InChI=1S/C62H88N2O6/c1-6-10-14-18-20-24-30-47(28-22-16-12-8-3)44-63(50-33-26-32-49(40-50)46-65)52-36-38-55(57(66)42-52)59-61(68)60(62(59)69)56-39-37-53(43-58(56)67)64(51-34-27-35-54(41-51)70-5)45-48(29-23-17-13-9-4)31-25-21-19-15-11-7-2/h26-27,32-43,47-48,65H,6-25,28-31,44-46H2,1-5H3,(H2,66,67,68,69)/p+1. The van der Waals surface area contributed by atoms with Crippen LogP contribution in [0.4, 0.5) is 17.1 Å². The fourth-order valence-electron chi connectivity index (χ4n) is 10.3. The molecule has 70 heavy (non-hydrogen) atoms. The number of benzene rings is 3. The number of hydrogen-bond donors (Lipinski definition) is 4. The Morgan fingerprint density at radius 2 is 1.16 bits per heavy atom. The minimum absolute atomic E-state index is 0.0341. The van der Waals surface area contributed by atoms with Crippen LogP contribution in [0.5, 0.6) is 11.5 Å². The highest BCUT2D eigenvalue weighted by Gasteiger charge is 2.40. The van der Waals surface area contributed by atoms with Gasteiger partial charge in [0.15, 0.2) is 6.54 Å². The number of carbonyl (C=O) groups excluding carboxylic acids is 1. The number of methoxy groups -OCH3 is 1. The van der Waals surface area contributed by atoms with Crippen molar-refractivity contribution in [1.29, 1.82) is 0 Å². The van der Waals surface area contributed by atoms with Crippen LogP contribution in [0.15, 0.2) is 108 Å². The van der Waals surface area contributed by atoms with Gasteiger partial charge in [-0.2, -0.15) is 4.58 Å². The maximum absolute atomic E-state index is 14.1. The summed E-state index contributed by atoms with van der Waals surface area (Å²) in [4.78, 5) is 16.3. The van der Waals surface area contributed by atoms with Crippen molar-refractivity contribution >= 4 is 34.1 Å². The van der Waals surface area contributed by atoms with Crippen LogP contribution in [0.25, 0.3) is 5.57 Å². The van der Waals surface area contributed by atoms with E-state index in [1.807, 2.05) is 54.6 Å². The number of phenols is 1. The third-order valence-corrected chi connectivity index (χ3v) is 14.6. The lowest BCUT2D eigenvalue weighted by Crippen LogP contribution is -2.26. The highest BCUT2D eigenvalue weighted by molar-refractivity contribution is 6.40. The second-order valence-electron chi connectivity index (χ2n) is 20.1. The van der Waals surface area contributed by atoms with Gasteiger partial charge < -0.3 is 30.1 Å². The molecular formula is C62H89N2O6+. The highest BCUT2D eigenvalue weighted by atomic mass is 16.5. The number of ether oxygens (including phenoxy) is 1. The summed E-state index contributed by atoms with van der Waals surface area (Å²) in [5.41, 5.74) is 4.85. The number of allylic oxidation sites excluding steroid dienone is 5. The van der Waals surface area contributed by atoms with Crippen LogP contribution in [0, 0.1) is 11.8 Å². The highest BCUT2D eigenvalue weighted by Crippen LogP contribution is 2.44. The van der Waals surface area contributed by atoms with Crippen molar-refractivity contribution in [3.8, 4) is 11.5 Å². The summed E-state index contributed by atoms with van der Waals surface area (Å²) in [5, 5.41) is 45.2. The molecule has 0 aromatic heterocycles. The fraction of sp³-hybridized carbons (Fsp3) is 0.548. The topological polar surface area (TPSA) is 113 Å². The molecule has 2 unspecified atom stereocenters. The Balaban J connectivity index is 1.44. The maximum Gasteiger partial charge on any atom is 0.209 e. The molecule has 4 N–H and O–H groups in total. The number of aliphatic hydroxyl groups is 3. The van der Waals surface area contributed by atoms with Crippen molar-refractivity contribution in [3.63, 3.8) is 0 Å². The van der Waals surface area contributed by atoms with Gasteiger partial charge in [0.25, 0.3) is 0 Å². The van der Waals surface area contributed by atoms with Crippen molar-refractivity contribution in [3.05, 3.63) is 119 Å². The monoisotopic (exact) mass is 958 g/mol. The molecular weight excluding hydrogens is 869 g/mol. The summed E-state index contributed by atoms with van der Waals surface area (Å²) >= 11 is 0. The molecule has 0 aliphatic heterocycles. The van der Waals surface area contributed by atoms with Crippen LogP contribution in [-0.2, 0) is 11.4 Å². The smallest absolute Gasteiger partial charge is 0.209 e. The molecule has 0 heterocycles. The van der Waals surface area contributed by atoms with Crippen LogP contribution in [0.3, 0.4) is 0 Å². The second kappa shape index (κ2) is 30.6. The van der Waals surface area contributed by atoms with Gasteiger partial charge in [-0.1, -0.05) is 174 Å². The zero-order valence-corrected chi connectivity index (χ0v) is 43.8. The number of aliphatic hydroxyl groups excluding tert-OH is 3. The number of nitrogens with zero attached hydrogens (tertiary/aromatic N) is 2. The first-order chi connectivity index (χ1) is 34.2. The largest absolute Gasteiger partial charge is 0.507 e. The van der Waals surface area contributed by atoms with E-state index in [1.54, 1.807) is 31.4 Å². The van der Waals surface area contributed by atoms with Crippen LogP contribution in [0.1, 0.15) is 193 Å². The van der Waals surface area contributed by atoms with Gasteiger partial charge in [-0.3, -0.25) is 4.79 Å². The zero-order valence-electron chi connectivity index (χ0n) is 43.8. The first kappa shape index (κ1) is 55.8. The minimum atomic E-state index is -0.432. The Labute approximate surface area is 422 Å². The molecule has 3 aromatic rings. The van der Waals surface area contributed by atoms with Gasteiger partial charge in [-0.25, -0.2) is 0 Å². The Bertz CT molecular complexity index is 2250. The second-order valence-corrected chi connectivity index (χ2v) is 20.1. The number of unbranched alkanes of at least 4 members (excludes halogenated alkanes) is 16. The average molecular weight is 958 g/mol. The predicted octanol–water partition coefficient (Wildman–Crippen LogP) is 16.7. The van der Waals surface area contributed by atoms with Gasteiger partial charge in [-0.15, -0.1) is 0 Å². The van der Waals surface area contributed by atoms with Gasteiger partial charge >= 0.3 is 0 Å². The molecule has 382 valence electrons. The SMILES string of the molecule is CCCCCCCCC(CCCCCC)CN(c1cccc(CO)c1)c1ccc(C2=C(O)/C(=C3\C=CC(=[N+](CC(CCCCCC)CCCCCCCC)c4cccc(OC)c4)C=C3O)C2=O)c(O)c1. The number of anilines is 2. The van der Waals surface area contributed by atoms with E-state index < -0.39 is 5.78 Å². The molecule has 0 saturated heterocycles. The van der Waals surface area contributed by atoms with Crippen molar-refractivity contribution in [2.75, 3.05) is 25.1 Å². The third kappa shape index (κ3) is 16.5. The van der Waals surface area contributed by atoms with E-state index in [4.69, 9.17) is 4.74 Å². The Hall–Kier alpha value is -5.08. The van der Waals surface area contributed by atoms with Gasteiger partial charge in [0.1, 0.15) is 23.0 Å². The van der Waals surface area contributed by atoms with Gasteiger partial charge in [0.05, 0.1) is 37.0 Å². The summed E-state index contributed by atoms with van der Waals surface area (Å²) in [6.45, 7) is 10.5. The molecule has 5 rings (SSSR count). The fourth-order valence-corrected chi connectivity index (χ4v) is 10.3. The zero-order chi connectivity index (χ0) is 50.1. The molecule has 2 aliphatic carbocycles. The lowest BCUT2D eigenvalue weighted by atomic mass is 9.79. The number of Topliss-reactive ketones (excluding diaryl/α,β-unsaturated/α-hetero) is 1. The van der Waals surface area contributed by atoms with E-state index in [0.717, 1.165) is 72.9 Å². The van der Waals surface area contributed by atoms with Crippen molar-refractivity contribution < 1.29 is 34.5 Å². The van der Waals surface area contributed by atoms with E-state index in [1.165, 1.54) is 128 Å². The third-order valence-electron chi connectivity index (χ3n) is 14.6. The Morgan fingerprint density at radius 3 is 1.71 bits per heavy atom. The first-order valence-electron chi connectivity index (χ1n) is 27.6. The molecule has 0 saturated carbocycles. The number of ketones is 1. The maximum atomic E-state index is 14.1. The number of hydrogen-bond acceptors (Lipinski definition) is 7. The molecule has 8 nitrogen and oxygen atoms in total. The lowest BCUT2D eigenvalue weighted by molar-refractivity contribution is -0.448.